The maximum absolute atomic E-state index is 12.4. The summed E-state index contributed by atoms with van der Waals surface area (Å²) in [6, 6.07) is 11.5. The summed E-state index contributed by atoms with van der Waals surface area (Å²) >= 11 is 0. The SMILES string of the molecule is COc1ccc(/C=N/NC(=O)c2nn(C)c(=O)c3ccccc23)cc1O. The second kappa shape index (κ2) is 7.06. The molecule has 0 spiro atoms. The van der Waals surface area contributed by atoms with Crippen molar-refractivity contribution >= 4 is 22.9 Å². The van der Waals surface area contributed by atoms with Crippen LogP contribution in [0.4, 0.5) is 0 Å². The van der Waals surface area contributed by atoms with Crippen LogP contribution < -0.4 is 15.7 Å². The van der Waals surface area contributed by atoms with Gasteiger partial charge in [0, 0.05) is 12.4 Å². The molecule has 3 rings (SSSR count). The Kier molecular flexibility index (Phi) is 4.66. The zero-order valence-corrected chi connectivity index (χ0v) is 14.1. The number of aromatic hydroxyl groups is 1. The van der Waals surface area contributed by atoms with Crippen molar-refractivity contribution < 1.29 is 14.6 Å². The van der Waals surface area contributed by atoms with E-state index in [1.165, 1.54) is 26.4 Å². The molecule has 0 bridgehead atoms. The number of aromatic nitrogens is 2. The minimum Gasteiger partial charge on any atom is -0.504 e. The predicted octanol–water partition coefficient (Wildman–Crippen LogP) is 1.41. The van der Waals surface area contributed by atoms with E-state index in [2.05, 4.69) is 15.6 Å². The van der Waals surface area contributed by atoms with Gasteiger partial charge in [-0.2, -0.15) is 10.2 Å². The second-order valence-corrected chi connectivity index (χ2v) is 5.45. The number of amides is 1. The summed E-state index contributed by atoms with van der Waals surface area (Å²) in [5, 5.41) is 18.5. The van der Waals surface area contributed by atoms with Crippen molar-refractivity contribution in [1.29, 1.82) is 0 Å². The normalized spacial score (nSPS) is 11.0. The van der Waals surface area contributed by atoms with Crippen molar-refractivity contribution in [2.45, 2.75) is 0 Å². The van der Waals surface area contributed by atoms with E-state index in [-0.39, 0.29) is 17.0 Å². The Hall–Kier alpha value is -3.68. The molecule has 0 saturated carbocycles. The van der Waals surface area contributed by atoms with Gasteiger partial charge in [0.2, 0.25) is 0 Å². The highest BCUT2D eigenvalue weighted by atomic mass is 16.5. The maximum atomic E-state index is 12.4. The number of hydrogen-bond acceptors (Lipinski definition) is 6. The first kappa shape index (κ1) is 17.2. The van der Waals surface area contributed by atoms with Crippen molar-refractivity contribution in [2.75, 3.05) is 7.11 Å². The van der Waals surface area contributed by atoms with Gasteiger partial charge in [-0.25, -0.2) is 10.1 Å². The van der Waals surface area contributed by atoms with E-state index in [9.17, 15) is 14.7 Å². The number of hydrazone groups is 1. The number of methoxy groups -OCH3 is 1. The van der Waals surface area contributed by atoms with E-state index < -0.39 is 5.91 Å². The van der Waals surface area contributed by atoms with Crippen LogP contribution in [0.25, 0.3) is 10.8 Å². The van der Waals surface area contributed by atoms with Gasteiger partial charge in [0.1, 0.15) is 0 Å². The average Bonchev–Trinajstić information content (AvgIpc) is 2.65. The zero-order chi connectivity index (χ0) is 18.7. The average molecular weight is 352 g/mol. The Balaban J connectivity index is 1.85. The molecule has 0 aliphatic carbocycles. The van der Waals surface area contributed by atoms with Crippen molar-refractivity contribution in [2.24, 2.45) is 12.1 Å². The zero-order valence-electron chi connectivity index (χ0n) is 14.1. The Morgan fingerprint density at radius 1 is 1.27 bits per heavy atom. The highest BCUT2D eigenvalue weighted by Crippen LogP contribution is 2.25. The van der Waals surface area contributed by atoms with Gasteiger partial charge in [0.15, 0.2) is 17.2 Å². The molecule has 0 atom stereocenters. The molecule has 2 aromatic carbocycles. The summed E-state index contributed by atoms with van der Waals surface area (Å²) in [5.41, 5.74) is 2.76. The highest BCUT2D eigenvalue weighted by molar-refractivity contribution is 6.04. The molecule has 132 valence electrons. The maximum Gasteiger partial charge on any atom is 0.292 e. The van der Waals surface area contributed by atoms with Crippen LogP contribution in [-0.2, 0) is 7.05 Å². The van der Waals surface area contributed by atoms with Crippen LogP contribution >= 0.6 is 0 Å². The van der Waals surface area contributed by atoms with E-state index in [1.807, 2.05) is 0 Å². The van der Waals surface area contributed by atoms with Gasteiger partial charge in [-0.15, -0.1) is 0 Å². The van der Waals surface area contributed by atoms with Crippen LogP contribution in [0.2, 0.25) is 0 Å². The fourth-order valence-electron chi connectivity index (χ4n) is 2.47. The fraction of sp³-hybridized carbons (Fsp3) is 0.111. The van der Waals surface area contributed by atoms with E-state index in [0.717, 1.165) is 4.68 Å². The minimum atomic E-state index is -0.550. The molecule has 0 fully saturated rings. The number of fused-ring (bicyclic) bond motifs is 1. The summed E-state index contributed by atoms with van der Waals surface area (Å²) in [4.78, 5) is 24.5. The van der Waals surface area contributed by atoms with E-state index in [0.29, 0.717) is 22.1 Å². The lowest BCUT2D eigenvalue weighted by atomic mass is 10.1. The molecule has 0 saturated heterocycles. The molecule has 1 amide bonds. The Bertz CT molecular complexity index is 1070. The molecule has 0 aliphatic heterocycles. The number of nitrogens with zero attached hydrogens (tertiary/aromatic N) is 3. The van der Waals surface area contributed by atoms with Gasteiger partial charge in [0.05, 0.1) is 18.7 Å². The molecule has 0 radical (unpaired) electrons. The number of carbonyl (C=O) groups is 1. The number of hydrogen-bond donors (Lipinski definition) is 2. The van der Waals surface area contributed by atoms with Gasteiger partial charge in [-0.3, -0.25) is 9.59 Å². The minimum absolute atomic E-state index is 0.0338. The van der Waals surface area contributed by atoms with Crippen molar-refractivity contribution in [1.82, 2.24) is 15.2 Å². The number of phenols is 1. The third-order valence-corrected chi connectivity index (χ3v) is 3.75. The Morgan fingerprint density at radius 2 is 2.00 bits per heavy atom. The second-order valence-electron chi connectivity index (χ2n) is 5.45. The molecule has 0 unspecified atom stereocenters. The summed E-state index contributed by atoms with van der Waals surface area (Å²) < 4.78 is 6.08. The van der Waals surface area contributed by atoms with E-state index in [4.69, 9.17) is 4.74 Å². The molecular formula is C18H16N4O4. The molecule has 1 heterocycles. The van der Waals surface area contributed by atoms with Gasteiger partial charge in [-0.05, 0) is 29.8 Å². The lowest BCUT2D eigenvalue weighted by Gasteiger charge is -2.06. The van der Waals surface area contributed by atoms with Gasteiger partial charge in [0.25, 0.3) is 11.5 Å². The quantitative estimate of drug-likeness (QED) is 0.545. The van der Waals surface area contributed by atoms with Gasteiger partial charge < -0.3 is 9.84 Å². The number of phenolic OH excluding ortho intramolecular Hbond substituents is 1. The lowest BCUT2D eigenvalue weighted by Crippen LogP contribution is -2.27. The molecule has 2 N–H and O–H groups in total. The smallest absolute Gasteiger partial charge is 0.292 e. The number of carbonyl (C=O) groups excluding carboxylic acids is 1. The predicted molar refractivity (Wildman–Crippen MR) is 96.7 cm³/mol. The molecule has 1 aromatic heterocycles. The van der Waals surface area contributed by atoms with Crippen molar-refractivity contribution in [3.63, 3.8) is 0 Å². The van der Waals surface area contributed by atoms with Crippen LogP contribution in [-0.4, -0.2) is 34.1 Å². The fourth-order valence-corrected chi connectivity index (χ4v) is 2.47. The van der Waals surface area contributed by atoms with Crippen molar-refractivity contribution in [3.8, 4) is 11.5 Å². The third kappa shape index (κ3) is 3.25. The summed E-state index contributed by atoms with van der Waals surface area (Å²) in [5.74, 6) is -0.244. The number of benzene rings is 2. The summed E-state index contributed by atoms with van der Waals surface area (Å²) in [7, 11) is 2.93. The molecule has 3 aromatic rings. The first-order chi connectivity index (χ1) is 12.5. The van der Waals surface area contributed by atoms with E-state index >= 15 is 0 Å². The molecule has 0 aliphatic rings. The Labute approximate surface area is 148 Å². The van der Waals surface area contributed by atoms with Crippen LogP contribution in [0, 0.1) is 0 Å². The van der Waals surface area contributed by atoms with Crippen LogP contribution in [0.1, 0.15) is 16.1 Å². The first-order valence-corrected chi connectivity index (χ1v) is 7.67. The van der Waals surface area contributed by atoms with Crippen molar-refractivity contribution in [3.05, 3.63) is 64.1 Å². The standard InChI is InChI=1S/C18H16N4O4/c1-22-18(25)13-6-4-3-5-12(13)16(21-22)17(24)20-19-10-11-7-8-15(26-2)14(23)9-11/h3-10,23H,1-2H3,(H,20,24)/b19-10+. The summed E-state index contributed by atoms with van der Waals surface area (Å²) in [6.07, 6.45) is 1.38. The lowest BCUT2D eigenvalue weighted by molar-refractivity contribution is 0.0950. The molecule has 8 heteroatoms. The third-order valence-electron chi connectivity index (χ3n) is 3.75. The monoisotopic (exact) mass is 352 g/mol. The van der Waals surface area contributed by atoms with Crippen LogP contribution in [0.5, 0.6) is 11.5 Å². The molecule has 26 heavy (non-hydrogen) atoms. The van der Waals surface area contributed by atoms with Crippen LogP contribution in [0.15, 0.2) is 52.4 Å². The summed E-state index contributed by atoms with van der Waals surface area (Å²) in [6.45, 7) is 0. The molecular weight excluding hydrogens is 336 g/mol. The number of rotatable bonds is 4. The topological polar surface area (TPSA) is 106 Å². The van der Waals surface area contributed by atoms with Gasteiger partial charge in [-0.1, -0.05) is 18.2 Å². The van der Waals surface area contributed by atoms with E-state index in [1.54, 1.807) is 36.4 Å². The number of aryl methyl sites for hydroxylation is 1. The Morgan fingerprint density at radius 3 is 2.69 bits per heavy atom. The number of ether oxygens (including phenoxy) is 1. The first-order valence-electron chi connectivity index (χ1n) is 7.67. The highest BCUT2D eigenvalue weighted by Gasteiger charge is 2.14. The van der Waals surface area contributed by atoms with Crippen LogP contribution in [0.3, 0.4) is 0 Å². The largest absolute Gasteiger partial charge is 0.504 e. The number of nitrogens with one attached hydrogen (secondary N) is 1. The van der Waals surface area contributed by atoms with Gasteiger partial charge >= 0.3 is 0 Å². The molecule has 8 nitrogen and oxygen atoms in total.